The smallest absolute Gasteiger partial charge is 0.339 e. The minimum atomic E-state index is -4.50. The number of nitrogens with zero attached hydrogens (tertiary/aromatic N) is 3. The van der Waals surface area contributed by atoms with Gasteiger partial charge in [-0.1, -0.05) is 6.07 Å². The van der Waals surface area contributed by atoms with E-state index in [0.717, 1.165) is 10.4 Å². The van der Waals surface area contributed by atoms with E-state index in [2.05, 4.69) is 4.98 Å². The van der Waals surface area contributed by atoms with Gasteiger partial charge in [0.05, 0.1) is 17.6 Å². The number of imidazole rings is 1. The summed E-state index contributed by atoms with van der Waals surface area (Å²) in [5.74, 6) is 0. The fourth-order valence-electron chi connectivity index (χ4n) is 2.56. The maximum atomic E-state index is 13.0. The molecule has 0 unspecified atom stereocenters. The molecule has 1 aliphatic heterocycles. The van der Waals surface area contributed by atoms with Gasteiger partial charge >= 0.3 is 6.18 Å². The first-order valence-electron chi connectivity index (χ1n) is 6.41. The van der Waals surface area contributed by atoms with Crippen molar-refractivity contribution < 1.29 is 21.6 Å². The lowest BCUT2D eigenvalue weighted by molar-refractivity contribution is -0.138. The molecule has 0 saturated heterocycles. The zero-order valence-electron chi connectivity index (χ0n) is 11.5. The van der Waals surface area contributed by atoms with Gasteiger partial charge in [0, 0.05) is 19.8 Å². The Bertz CT molecular complexity index is 827. The molecule has 0 aliphatic carbocycles. The average molecular weight is 331 g/mol. The summed E-state index contributed by atoms with van der Waals surface area (Å²) in [6.45, 7) is -0.0265. The molecule has 1 aromatic heterocycles. The number of halogens is 3. The van der Waals surface area contributed by atoms with Gasteiger partial charge in [-0.2, -0.15) is 21.6 Å². The van der Waals surface area contributed by atoms with Crippen LogP contribution in [-0.4, -0.2) is 24.5 Å². The first kappa shape index (κ1) is 14.9. The Morgan fingerprint density at radius 1 is 1.27 bits per heavy atom. The van der Waals surface area contributed by atoms with E-state index in [9.17, 15) is 21.6 Å². The summed E-state index contributed by atoms with van der Waals surface area (Å²) in [7, 11) is -2.34. The Hall–Kier alpha value is -2.03. The molecule has 0 atom stereocenters. The van der Waals surface area contributed by atoms with E-state index in [4.69, 9.17) is 0 Å². The van der Waals surface area contributed by atoms with Crippen molar-refractivity contribution in [2.45, 2.75) is 17.6 Å². The maximum absolute atomic E-state index is 13.0. The molecule has 0 saturated carbocycles. The van der Waals surface area contributed by atoms with E-state index in [1.54, 1.807) is 7.05 Å². The predicted octanol–water partition coefficient (Wildman–Crippen LogP) is 2.19. The third kappa shape index (κ3) is 2.25. The molecular weight excluding hydrogens is 319 g/mol. The summed E-state index contributed by atoms with van der Waals surface area (Å²) in [4.78, 5) is 3.79. The highest BCUT2D eigenvalue weighted by molar-refractivity contribution is 7.92. The highest BCUT2D eigenvalue weighted by Crippen LogP contribution is 2.41. The fraction of sp³-hybridized carbons (Fsp3) is 0.308. The van der Waals surface area contributed by atoms with E-state index in [1.165, 1.54) is 29.2 Å². The van der Waals surface area contributed by atoms with E-state index in [0.29, 0.717) is 0 Å². The van der Waals surface area contributed by atoms with Crippen molar-refractivity contribution in [3.63, 3.8) is 0 Å². The van der Waals surface area contributed by atoms with Gasteiger partial charge in [0.1, 0.15) is 0 Å². The molecule has 9 heteroatoms. The number of aryl methyl sites for hydroxylation is 1. The minimum Gasteiger partial charge on any atom is -0.339 e. The van der Waals surface area contributed by atoms with Crippen LogP contribution in [-0.2, 0) is 29.7 Å². The summed E-state index contributed by atoms with van der Waals surface area (Å²) in [6.07, 6.45) is -1.83. The minimum absolute atomic E-state index is 0.00880. The van der Waals surface area contributed by atoms with Crippen molar-refractivity contribution in [1.82, 2.24) is 9.55 Å². The number of sulfonamides is 1. The van der Waals surface area contributed by atoms with Crippen molar-refractivity contribution in [3.8, 4) is 0 Å². The van der Waals surface area contributed by atoms with Crippen molar-refractivity contribution in [2.24, 2.45) is 7.05 Å². The molecule has 1 aromatic carbocycles. The normalized spacial score (nSPS) is 15.2. The van der Waals surface area contributed by atoms with Crippen molar-refractivity contribution in [3.05, 3.63) is 41.9 Å². The Labute approximate surface area is 125 Å². The molecule has 0 amide bonds. The topological polar surface area (TPSA) is 55.2 Å². The summed E-state index contributed by atoms with van der Waals surface area (Å²) >= 11 is 0. The molecule has 0 fully saturated rings. The maximum Gasteiger partial charge on any atom is 0.416 e. The fourth-order valence-corrected chi connectivity index (χ4v) is 4.02. The molecular formula is C13H12F3N3O2S. The second-order valence-electron chi connectivity index (χ2n) is 5.01. The van der Waals surface area contributed by atoms with Gasteiger partial charge in [0.2, 0.25) is 0 Å². The number of aromatic nitrogens is 2. The molecule has 0 N–H and O–H groups in total. The van der Waals surface area contributed by atoms with Crippen LogP contribution in [0, 0.1) is 0 Å². The molecule has 5 nitrogen and oxygen atoms in total. The van der Waals surface area contributed by atoms with Crippen LogP contribution in [0.2, 0.25) is 0 Å². The van der Waals surface area contributed by atoms with Gasteiger partial charge in [0.15, 0.2) is 5.03 Å². The first-order chi connectivity index (χ1) is 10.2. The number of anilines is 1. The molecule has 22 heavy (non-hydrogen) atoms. The first-order valence-corrected chi connectivity index (χ1v) is 7.85. The van der Waals surface area contributed by atoms with Crippen molar-refractivity contribution in [1.29, 1.82) is 0 Å². The molecule has 1 aliphatic rings. The zero-order valence-corrected chi connectivity index (χ0v) is 12.3. The summed E-state index contributed by atoms with van der Waals surface area (Å²) in [5, 5.41) is -0.180. The number of benzene rings is 1. The number of alkyl halides is 3. The number of fused-ring (bicyclic) bond motifs is 1. The molecule has 118 valence electrons. The third-order valence-electron chi connectivity index (χ3n) is 3.53. The summed E-state index contributed by atoms with van der Waals surface area (Å²) < 4.78 is 66.6. The van der Waals surface area contributed by atoms with Crippen LogP contribution in [0.4, 0.5) is 18.9 Å². The second kappa shape index (κ2) is 4.73. The van der Waals surface area contributed by atoms with Gasteiger partial charge in [0.25, 0.3) is 10.0 Å². The van der Waals surface area contributed by atoms with E-state index in [-0.39, 0.29) is 29.2 Å². The molecule has 2 heterocycles. The van der Waals surface area contributed by atoms with Crippen LogP contribution < -0.4 is 4.31 Å². The summed E-state index contributed by atoms with van der Waals surface area (Å²) in [5.41, 5.74) is -0.710. The standard InChI is InChI=1S/C13H12F3N3O2S/c1-18-7-12(17-8-18)22(20,21)19-6-5-9-10(13(14,15)16)3-2-4-11(9)19/h2-4,7-8H,5-6H2,1H3. The van der Waals surface area contributed by atoms with Gasteiger partial charge in [-0.15, -0.1) is 0 Å². The van der Waals surface area contributed by atoms with Crippen molar-refractivity contribution >= 4 is 15.7 Å². The number of rotatable bonds is 2. The Morgan fingerprint density at radius 3 is 2.59 bits per heavy atom. The van der Waals surface area contributed by atoms with Gasteiger partial charge in [-0.05, 0) is 24.1 Å². The molecule has 2 aromatic rings. The zero-order chi connectivity index (χ0) is 16.1. The molecule has 3 rings (SSSR count). The Balaban J connectivity index is 2.09. The third-order valence-corrected chi connectivity index (χ3v) is 5.22. The Morgan fingerprint density at radius 2 is 2.00 bits per heavy atom. The lowest BCUT2D eigenvalue weighted by Crippen LogP contribution is -2.29. The molecule has 0 spiro atoms. The summed E-state index contributed by atoms with van der Waals surface area (Å²) in [6, 6.07) is 3.57. The monoisotopic (exact) mass is 331 g/mol. The quantitative estimate of drug-likeness (QED) is 0.848. The van der Waals surface area contributed by atoms with Crippen LogP contribution in [0.3, 0.4) is 0 Å². The second-order valence-corrected chi connectivity index (χ2v) is 6.81. The van der Waals surface area contributed by atoms with Crippen LogP contribution in [0.5, 0.6) is 0 Å². The van der Waals surface area contributed by atoms with Gasteiger partial charge < -0.3 is 4.57 Å². The van der Waals surface area contributed by atoms with E-state index in [1.807, 2.05) is 0 Å². The van der Waals surface area contributed by atoms with E-state index >= 15 is 0 Å². The van der Waals surface area contributed by atoms with Crippen LogP contribution in [0.15, 0.2) is 35.7 Å². The number of hydrogen-bond acceptors (Lipinski definition) is 3. The van der Waals surface area contributed by atoms with Gasteiger partial charge in [-0.3, -0.25) is 4.31 Å². The SMILES string of the molecule is Cn1cnc(S(=O)(=O)N2CCc3c2cccc3C(F)(F)F)c1. The molecule has 0 radical (unpaired) electrons. The highest BCUT2D eigenvalue weighted by Gasteiger charge is 2.39. The van der Waals surface area contributed by atoms with Gasteiger partial charge in [-0.25, -0.2) is 4.98 Å². The lowest BCUT2D eigenvalue weighted by Gasteiger charge is -2.19. The van der Waals surface area contributed by atoms with Crippen LogP contribution >= 0.6 is 0 Å². The van der Waals surface area contributed by atoms with Crippen molar-refractivity contribution in [2.75, 3.05) is 10.8 Å². The largest absolute Gasteiger partial charge is 0.416 e. The average Bonchev–Trinajstić information content (AvgIpc) is 3.03. The Kier molecular flexibility index (Phi) is 3.20. The lowest BCUT2D eigenvalue weighted by atomic mass is 10.0. The van der Waals surface area contributed by atoms with E-state index < -0.39 is 21.8 Å². The van der Waals surface area contributed by atoms with Crippen LogP contribution in [0.1, 0.15) is 11.1 Å². The predicted molar refractivity (Wildman–Crippen MR) is 72.9 cm³/mol. The number of hydrogen-bond donors (Lipinski definition) is 0. The molecule has 0 bridgehead atoms. The highest BCUT2D eigenvalue weighted by atomic mass is 32.2. The van der Waals surface area contributed by atoms with Crippen LogP contribution in [0.25, 0.3) is 0 Å².